The molecule has 0 saturated heterocycles. The number of aryl methyl sites for hydroxylation is 2. The zero-order chi connectivity index (χ0) is 17.4. The van der Waals surface area contributed by atoms with Gasteiger partial charge in [0.1, 0.15) is 0 Å². The van der Waals surface area contributed by atoms with E-state index in [1.807, 2.05) is 30.3 Å². The van der Waals surface area contributed by atoms with E-state index in [9.17, 15) is 4.79 Å². The number of benzene rings is 1. The van der Waals surface area contributed by atoms with Crippen LogP contribution >= 0.6 is 11.3 Å². The quantitative estimate of drug-likeness (QED) is 0.783. The number of aromatic nitrogens is 4. The van der Waals surface area contributed by atoms with E-state index in [0.29, 0.717) is 22.4 Å². The van der Waals surface area contributed by atoms with Gasteiger partial charge in [-0.1, -0.05) is 25.1 Å². The van der Waals surface area contributed by atoms with E-state index in [2.05, 4.69) is 27.4 Å². The monoisotopic (exact) mass is 353 g/mol. The van der Waals surface area contributed by atoms with Gasteiger partial charge < -0.3 is 0 Å². The number of anilines is 1. The topological polar surface area (TPSA) is 72.7 Å². The molecule has 0 spiro atoms. The molecular formula is C18H19N5OS. The number of carbonyl (C=O) groups is 1. The molecule has 0 unspecified atom stereocenters. The van der Waals surface area contributed by atoms with E-state index < -0.39 is 0 Å². The molecular weight excluding hydrogens is 334 g/mol. The summed E-state index contributed by atoms with van der Waals surface area (Å²) in [6.45, 7) is 4.04. The number of hydrogen-bond acceptors (Lipinski definition) is 5. The van der Waals surface area contributed by atoms with Crippen LogP contribution in [0.1, 0.15) is 40.1 Å². The van der Waals surface area contributed by atoms with Crippen LogP contribution in [0.25, 0.3) is 5.69 Å². The SMILES string of the molecule is Cc1nn(-c2ccccc2)nc1C(=O)Nc1nc2c(s1)C[C@H](C)CC2. The largest absolute Gasteiger partial charge is 0.296 e. The fraction of sp³-hybridized carbons (Fsp3) is 0.333. The van der Waals surface area contributed by atoms with Gasteiger partial charge in [-0.05, 0) is 44.2 Å². The molecule has 1 N–H and O–H groups in total. The number of hydrogen-bond donors (Lipinski definition) is 1. The zero-order valence-electron chi connectivity index (χ0n) is 14.2. The van der Waals surface area contributed by atoms with Gasteiger partial charge in [0, 0.05) is 4.88 Å². The third-order valence-electron chi connectivity index (χ3n) is 4.39. The molecule has 0 bridgehead atoms. The van der Waals surface area contributed by atoms with Gasteiger partial charge in [-0.2, -0.15) is 9.90 Å². The molecule has 25 heavy (non-hydrogen) atoms. The second kappa shape index (κ2) is 6.40. The lowest BCUT2D eigenvalue weighted by atomic mass is 9.93. The van der Waals surface area contributed by atoms with Gasteiger partial charge in [-0.15, -0.1) is 16.4 Å². The molecule has 1 atom stereocenters. The van der Waals surface area contributed by atoms with Gasteiger partial charge in [0.05, 0.1) is 17.1 Å². The molecule has 7 heteroatoms. The lowest BCUT2D eigenvalue weighted by molar-refractivity contribution is 0.102. The molecule has 1 aliphatic rings. The molecule has 0 saturated carbocycles. The summed E-state index contributed by atoms with van der Waals surface area (Å²) in [5.74, 6) is 0.420. The maximum Gasteiger partial charge on any atom is 0.279 e. The van der Waals surface area contributed by atoms with Gasteiger partial charge in [0.25, 0.3) is 5.91 Å². The highest BCUT2D eigenvalue weighted by molar-refractivity contribution is 7.15. The zero-order valence-corrected chi connectivity index (χ0v) is 15.0. The molecule has 4 rings (SSSR count). The maximum absolute atomic E-state index is 12.6. The lowest BCUT2D eigenvalue weighted by Crippen LogP contribution is -2.14. The van der Waals surface area contributed by atoms with Crippen LogP contribution in [-0.2, 0) is 12.8 Å². The molecule has 0 aliphatic heterocycles. The van der Waals surface area contributed by atoms with Crippen LogP contribution in [0, 0.1) is 12.8 Å². The van der Waals surface area contributed by atoms with Crippen molar-refractivity contribution in [2.45, 2.75) is 33.1 Å². The fourth-order valence-electron chi connectivity index (χ4n) is 3.02. The number of thiazole rings is 1. The van der Waals surface area contributed by atoms with Crippen molar-refractivity contribution in [1.82, 2.24) is 20.0 Å². The summed E-state index contributed by atoms with van der Waals surface area (Å²) in [7, 11) is 0. The van der Waals surface area contributed by atoms with Crippen LogP contribution in [0.15, 0.2) is 30.3 Å². The van der Waals surface area contributed by atoms with E-state index in [0.717, 1.165) is 30.6 Å². The van der Waals surface area contributed by atoms with Crippen molar-refractivity contribution in [3.05, 3.63) is 52.3 Å². The highest BCUT2D eigenvalue weighted by Crippen LogP contribution is 2.32. The minimum atomic E-state index is -0.265. The van der Waals surface area contributed by atoms with Crippen molar-refractivity contribution in [3.8, 4) is 5.69 Å². The Kier molecular flexibility index (Phi) is 4.09. The molecule has 1 aromatic carbocycles. The first-order chi connectivity index (χ1) is 12.1. The van der Waals surface area contributed by atoms with Crippen molar-refractivity contribution < 1.29 is 4.79 Å². The summed E-state index contributed by atoms with van der Waals surface area (Å²) in [5, 5.41) is 12.2. The average Bonchev–Trinajstić information content (AvgIpc) is 3.18. The van der Waals surface area contributed by atoms with Crippen LogP contribution in [0.5, 0.6) is 0 Å². The predicted molar refractivity (Wildman–Crippen MR) is 97.4 cm³/mol. The van der Waals surface area contributed by atoms with Gasteiger partial charge in [0.2, 0.25) is 0 Å². The summed E-state index contributed by atoms with van der Waals surface area (Å²) in [6.07, 6.45) is 3.20. The van der Waals surface area contributed by atoms with Crippen molar-refractivity contribution >= 4 is 22.4 Å². The molecule has 6 nitrogen and oxygen atoms in total. The summed E-state index contributed by atoms with van der Waals surface area (Å²) < 4.78 is 0. The van der Waals surface area contributed by atoms with Crippen molar-refractivity contribution in [2.75, 3.05) is 5.32 Å². The third kappa shape index (κ3) is 3.19. The Bertz CT molecular complexity index is 915. The van der Waals surface area contributed by atoms with E-state index in [1.165, 1.54) is 9.67 Å². The van der Waals surface area contributed by atoms with E-state index in [4.69, 9.17) is 0 Å². The smallest absolute Gasteiger partial charge is 0.279 e. The van der Waals surface area contributed by atoms with Gasteiger partial charge in [-0.25, -0.2) is 4.98 Å². The first kappa shape index (κ1) is 16.0. The number of carbonyl (C=O) groups excluding carboxylic acids is 1. The number of rotatable bonds is 3. The summed E-state index contributed by atoms with van der Waals surface area (Å²) in [6, 6.07) is 9.55. The highest BCUT2D eigenvalue weighted by atomic mass is 32.1. The molecule has 0 radical (unpaired) electrons. The average molecular weight is 353 g/mol. The normalized spacial score (nSPS) is 16.5. The Labute approximate surface area is 149 Å². The van der Waals surface area contributed by atoms with Gasteiger partial charge >= 0.3 is 0 Å². The molecule has 2 aromatic heterocycles. The Morgan fingerprint density at radius 1 is 1.28 bits per heavy atom. The van der Waals surface area contributed by atoms with E-state index in [-0.39, 0.29) is 5.91 Å². The second-order valence-corrected chi connectivity index (χ2v) is 7.53. The number of fused-ring (bicyclic) bond motifs is 1. The van der Waals surface area contributed by atoms with E-state index >= 15 is 0 Å². The van der Waals surface area contributed by atoms with Gasteiger partial charge in [0.15, 0.2) is 10.8 Å². The molecule has 2 heterocycles. The molecule has 1 aliphatic carbocycles. The fourth-order valence-corrected chi connectivity index (χ4v) is 4.18. The minimum Gasteiger partial charge on any atom is -0.296 e. The Hall–Kier alpha value is -2.54. The van der Waals surface area contributed by atoms with Crippen molar-refractivity contribution in [1.29, 1.82) is 0 Å². The Morgan fingerprint density at radius 3 is 2.88 bits per heavy atom. The Balaban J connectivity index is 1.55. The van der Waals surface area contributed by atoms with Crippen molar-refractivity contribution in [2.24, 2.45) is 5.92 Å². The van der Waals surface area contributed by atoms with Crippen LogP contribution < -0.4 is 5.32 Å². The number of nitrogens with one attached hydrogen (secondary N) is 1. The molecule has 0 fully saturated rings. The summed E-state index contributed by atoms with van der Waals surface area (Å²) in [4.78, 5) is 19.9. The number of nitrogens with zero attached hydrogens (tertiary/aromatic N) is 4. The predicted octanol–water partition coefficient (Wildman–Crippen LogP) is 3.41. The van der Waals surface area contributed by atoms with Gasteiger partial charge in [-0.3, -0.25) is 10.1 Å². The standard InChI is InChI=1S/C18H19N5OS/c1-11-8-9-14-15(10-11)25-18(19-14)20-17(24)16-12(2)21-23(22-16)13-6-4-3-5-7-13/h3-7,11H,8-10H2,1-2H3,(H,19,20,24)/t11-/m1/s1. The van der Waals surface area contributed by atoms with E-state index in [1.54, 1.807) is 18.3 Å². The van der Waals surface area contributed by atoms with Crippen LogP contribution in [0.3, 0.4) is 0 Å². The van der Waals surface area contributed by atoms with Crippen LogP contribution in [0.2, 0.25) is 0 Å². The third-order valence-corrected chi connectivity index (χ3v) is 5.43. The first-order valence-corrected chi connectivity index (χ1v) is 9.21. The number of amides is 1. The molecule has 1 amide bonds. The maximum atomic E-state index is 12.6. The second-order valence-electron chi connectivity index (χ2n) is 6.45. The Morgan fingerprint density at radius 2 is 2.08 bits per heavy atom. The molecule has 3 aromatic rings. The molecule has 128 valence electrons. The van der Waals surface area contributed by atoms with Crippen LogP contribution in [0.4, 0.5) is 5.13 Å². The van der Waals surface area contributed by atoms with Crippen molar-refractivity contribution in [3.63, 3.8) is 0 Å². The lowest BCUT2D eigenvalue weighted by Gasteiger charge is -2.15. The highest BCUT2D eigenvalue weighted by Gasteiger charge is 2.22. The van der Waals surface area contributed by atoms with Crippen LogP contribution in [-0.4, -0.2) is 25.9 Å². The summed E-state index contributed by atoms with van der Waals surface area (Å²) >= 11 is 1.57. The first-order valence-electron chi connectivity index (χ1n) is 8.39. The summed E-state index contributed by atoms with van der Waals surface area (Å²) in [5.41, 5.74) is 2.87. The number of para-hydroxylation sites is 1. The minimum absolute atomic E-state index is 0.265.